The Morgan fingerprint density at radius 2 is 1.71 bits per heavy atom. The Labute approximate surface area is 128 Å². The van der Waals surface area contributed by atoms with Gasteiger partial charge in [0.15, 0.2) is 0 Å². The highest BCUT2D eigenvalue weighted by molar-refractivity contribution is 5.35. The average Bonchev–Trinajstić information content (AvgIpc) is 2.45. The van der Waals surface area contributed by atoms with Crippen molar-refractivity contribution in [2.45, 2.75) is 57.5 Å². The van der Waals surface area contributed by atoms with Crippen LogP contribution in [0.5, 0.6) is 5.75 Å². The Balaban J connectivity index is 1.49. The third kappa shape index (κ3) is 2.48. The van der Waals surface area contributed by atoms with Crippen LogP contribution in [0.3, 0.4) is 0 Å². The largest absolute Gasteiger partial charge is 0.497 e. The summed E-state index contributed by atoms with van der Waals surface area (Å²) in [4.78, 5) is 0. The molecule has 4 bridgehead atoms. The normalized spacial score (nSPS) is 37.0. The Hall–Kier alpha value is -1.02. The van der Waals surface area contributed by atoms with Gasteiger partial charge in [-0.1, -0.05) is 6.07 Å². The van der Waals surface area contributed by atoms with Crippen LogP contribution in [-0.4, -0.2) is 12.6 Å². The standard InChI is InChI=1S/C19H27NO/c1-13-3-4-18(21-2)8-17(13)12-20-19-9-14-5-15(10-19)7-16(6-14)11-19/h3-4,8,14-16,20H,5-7,9-12H2,1-2H3. The van der Waals surface area contributed by atoms with Gasteiger partial charge in [0.25, 0.3) is 0 Å². The number of methoxy groups -OCH3 is 1. The van der Waals surface area contributed by atoms with Crippen LogP contribution in [0.4, 0.5) is 0 Å². The molecule has 0 amide bonds. The van der Waals surface area contributed by atoms with Gasteiger partial charge in [-0.05, 0) is 86.5 Å². The van der Waals surface area contributed by atoms with E-state index in [1.165, 1.54) is 49.7 Å². The molecule has 1 N–H and O–H groups in total. The average molecular weight is 285 g/mol. The summed E-state index contributed by atoms with van der Waals surface area (Å²) in [7, 11) is 1.75. The molecule has 2 nitrogen and oxygen atoms in total. The molecule has 5 rings (SSSR count). The molecule has 4 saturated carbocycles. The minimum Gasteiger partial charge on any atom is -0.497 e. The SMILES string of the molecule is COc1ccc(C)c(CNC23CC4CC(CC(C4)C2)C3)c1. The van der Waals surface area contributed by atoms with E-state index < -0.39 is 0 Å². The molecule has 21 heavy (non-hydrogen) atoms. The molecule has 0 aromatic heterocycles. The number of benzene rings is 1. The van der Waals surface area contributed by atoms with Crippen LogP contribution >= 0.6 is 0 Å². The highest BCUT2D eigenvalue weighted by Gasteiger charge is 2.50. The van der Waals surface area contributed by atoms with Crippen molar-refractivity contribution >= 4 is 0 Å². The Morgan fingerprint density at radius 3 is 2.29 bits per heavy atom. The molecule has 0 spiro atoms. The van der Waals surface area contributed by atoms with Crippen LogP contribution in [0.25, 0.3) is 0 Å². The molecule has 0 heterocycles. The van der Waals surface area contributed by atoms with Gasteiger partial charge in [-0.2, -0.15) is 0 Å². The fourth-order valence-electron chi connectivity index (χ4n) is 5.58. The first-order valence-electron chi connectivity index (χ1n) is 8.54. The lowest BCUT2D eigenvalue weighted by Gasteiger charge is -2.57. The number of nitrogens with one attached hydrogen (secondary N) is 1. The third-order valence-electron chi connectivity index (χ3n) is 6.25. The summed E-state index contributed by atoms with van der Waals surface area (Å²) in [6, 6.07) is 6.43. The van der Waals surface area contributed by atoms with Crippen molar-refractivity contribution in [3.05, 3.63) is 29.3 Å². The first kappa shape index (κ1) is 13.6. The Morgan fingerprint density at radius 1 is 1.10 bits per heavy atom. The lowest BCUT2D eigenvalue weighted by atomic mass is 9.53. The van der Waals surface area contributed by atoms with Crippen molar-refractivity contribution in [1.82, 2.24) is 5.32 Å². The monoisotopic (exact) mass is 285 g/mol. The molecule has 0 aliphatic heterocycles. The van der Waals surface area contributed by atoms with Crippen LogP contribution in [-0.2, 0) is 6.54 Å². The zero-order chi connectivity index (χ0) is 14.4. The minimum absolute atomic E-state index is 0.449. The number of aryl methyl sites for hydroxylation is 1. The minimum atomic E-state index is 0.449. The second kappa shape index (κ2) is 5.01. The maximum absolute atomic E-state index is 5.38. The summed E-state index contributed by atoms with van der Waals surface area (Å²) in [6.45, 7) is 3.20. The van der Waals surface area contributed by atoms with Crippen LogP contribution in [0.2, 0.25) is 0 Å². The van der Waals surface area contributed by atoms with Gasteiger partial charge >= 0.3 is 0 Å². The van der Waals surface area contributed by atoms with Gasteiger partial charge in [0.05, 0.1) is 7.11 Å². The van der Waals surface area contributed by atoms with Crippen LogP contribution in [0, 0.1) is 24.7 Å². The lowest BCUT2D eigenvalue weighted by Crippen LogP contribution is -2.58. The van der Waals surface area contributed by atoms with Gasteiger partial charge < -0.3 is 10.1 Å². The van der Waals surface area contributed by atoms with E-state index in [4.69, 9.17) is 4.74 Å². The van der Waals surface area contributed by atoms with Crippen molar-refractivity contribution in [2.24, 2.45) is 17.8 Å². The molecule has 0 atom stereocenters. The Kier molecular flexibility index (Phi) is 3.25. The molecule has 114 valence electrons. The van der Waals surface area contributed by atoms with Crippen LogP contribution in [0.1, 0.15) is 49.7 Å². The Bertz CT molecular complexity index is 501. The second-order valence-electron chi connectivity index (χ2n) is 7.84. The summed E-state index contributed by atoms with van der Waals surface area (Å²) in [5, 5.41) is 3.98. The van der Waals surface area contributed by atoms with E-state index in [2.05, 4.69) is 30.4 Å². The number of ether oxygens (including phenoxy) is 1. The number of rotatable bonds is 4. The van der Waals surface area contributed by atoms with Crippen LogP contribution < -0.4 is 10.1 Å². The fourth-order valence-corrected chi connectivity index (χ4v) is 5.58. The van der Waals surface area contributed by atoms with E-state index in [0.29, 0.717) is 5.54 Å². The van der Waals surface area contributed by atoms with Gasteiger partial charge in [-0.25, -0.2) is 0 Å². The topological polar surface area (TPSA) is 21.3 Å². The van der Waals surface area contributed by atoms with Gasteiger partial charge in [-0.3, -0.25) is 0 Å². The van der Waals surface area contributed by atoms with Crippen LogP contribution in [0.15, 0.2) is 18.2 Å². The predicted octanol–water partition coefficient (Wildman–Crippen LogP) is 4.06. The van der Waals surface area contributed by atoms with E-state index in [9.17, 15) is 0 Å². The van der Waals surface area contributed by atoms with E-state index >= 15 is 0 Å². The van der Waals surface area contributed by atoms with Gasteiger partial charge in [-0.15, -0.1) is 0 Å². The van der Waals surface area contributed by atoms with Crippen molar-refractivity contribution in [1.29, 1.82) is 0 Å². The van der Waals surface area contributed by atoms with Crippen molar-refractivity contribution < 1.29 is 4.74 Å². The van der Waals surface area contributed by atoms with Gasteiger partial charge in [0.1, 0.15) is 5.75 Å². The zero-order valence-corrected chi connectivity index (χ0v) is 13.3. The van der Waals surface area contributed by atoms with Crippen molar-refractivity contribution in [3.8, 4) is 5.75 Å². The molecule has 0 saturated heterocycles. The molecule has 4 aliphatic carbocycles. The summed E-state index contributed by atoms with van der Waals surface area (Å²) in [5.74, 6) is 4.00. The molecule has 1 aromatic rings. The van der Waals surface area contributed by atoms with E-state index in [1.54, 1.807) is 7.11 Å². The molecule has 0 unspecified atom stereocenters. The number of hydrogen-bond acceptors (Lipinski definition) is 2. The first-order chi connectivity index (χ1) is 10.2. The molecular formula is C19H27NO. The van der Waals surface area contributed by atoms with Crippen molar-refractivity contribution in [3.63, 3.8) is 0 Å². The fraction of sp³-hybridized carbons (Fsp3) is 0.684. The molecule has 1 aromatic carbocycles. The predicted molar refractivity (Wildman–Crippen MR) is 85.5 cm³/mol. The van der Waals surface area contributed by atoms with Crippen molar-refractivity contribution in [2.75, 3.05) is 7.11 Å². The molecular weight excluding hydrogens is 258 g/mol. The molecule has 4 fully saturated rings. The van der Waals surface area contributed by atoms with E-state index in [0.717, 1.165) is 30.0 Å². The maximum atomic E-state index is 5.38. The smallest absolute Gasteiger partial charge is 0.119 e. The molecule has 0 radical (unpaired) electrons. The lowest BCUT2D eigenvalue weighted by molar-refractivity contribution is -0.0206. The molecule has 4 aliphatic rings. The summed E-state index contributed by atoms with van der Waals surface area (Å²) in [6.07, 6.45) is 8.80. The molecule has 2 heteroatoms. The van der Waals surface area contributed by atoms with E-state index in [1.807, 2.05) is 0 Å². The van der Waals surface area contributed by atoms with E-state index in [-0.39, 0.29) is 0 Å². The summed E-state index contributed by atoms with van der Waals surface area (Å²) < 4.78 is 5.38. The van der Waals surface area contributed by atoms with Gasteiger partial charge in [0.2, 0.25) is 0 Å². The first-order valence-corrected chi connectivity index (χ1v) is 8.54. The number of hydrogen-bond donors (Lipinski definition) is 1. The summed E-state index contributed by atoms with van der Waals surface area (Å²) >= 11 is 0. The highest BCUT2D eigenvalue weighted by Crippen LogP contribution is 2.55. The third-order valence-corrected chi connectivity index (χ3v) is 6.25. The second-order valence-corrected chi connectivity index (χ2v) is 7.84. The summed E-state index contributed by atoms with van der Waals surface area (Å²) in [5.41, 5.74) is 3.21. The zero-order valence-electron chi connectivity index (χ0n) is 13.3. The quantitative estimate of drug-likeness (QED) is 0.900. The highest BCUT2D eigenvalue weighted by atomic mass is 16.5. The van der Waals surface area contributed by atoms with Gasteiger partial charge in [0, 0.05) is 12.1 Å². The maximum Gasteiger partial charge on any atom is 0.119 e.